The molecular formula is C16H23ClN2OS. The third kappa shape index (κ3) is 4.15. The van der Waals surface area contributed by atoms with E-state index in [9.17, 15) is 4.79 Å². The van der Waals surface area contributed by atoms with Gasteiger partial charge in [0.2, 0.25) is 0 Å². The molecule has 5 heteroatoms. The standard InChI is InChI=1S/C16H23ClN2OS/c1-3-10-19(12-6-8-18-9-7-12)16(20)14-11-13(21-2)4-5-15(14)17/h4-5,11-12,18H,3,6-10H2,1-2H3. The van der Waals surface area contributed by atoms with E-state index >= 15 is 0 Å². The molecule has 1 aliphatic rings. The fraction of sp³-hybridized carbons (Fsp3) is 0.562. The third-order valence-corrected chi connectivity index (χ3v) is 4.93. The zero-order valence-corrected chi connectivity index (χ0v) is 14.3. The molecule has 1 aromatic carbocycles. The van der Waals surface area contributed by atoms with E-state index in [1.807, 2.05) is 29.4 Å². The molecule has 0 aliphatic carbocycles. The van der Waals surface area contributed by atoms with Crippen LogP contribution < -0.4 is 5.32 Å². The van der Waals surface area contributed by atoms with Crippen molar-refractivity contribution in [3.05, 3.63) is 28.8 Å². The van der Waals surface area contributed by atoms with Gasteiger partial charge in [0.1, 0.15) is 0 Å². The number of hydrogen-bond acceptors (Lipinski definition) is 3. The lowest BCUT2D eigenvalue weighted by atomic mass is 10.0. The number of carbonyl (C=O) groups is 1. The predicted octanol–water partition coefficient (Wildman–Crippen LogP) is 3.67. The molecule has 1 aromatic rings. The van der Waals surface area contributed by atoms with Crippen LogP contribution in [0.15, 0.2) is 23.1 Å². The molecule has 0 radical (unpaired) electrons. The molecule has 1 aliphatic heterocycles. The third-order valence-electron chi connectivity index (χ3n) is 3.88. The summed E-state index contributed by atoms with van der Waals surface area (Å²) in [7, 11) is 0. The minimum absolute atomic E-state index is 0.0738. The second-order valence-electron chi connectivity index (χ2n) is 5.33. The van der Waals surface area contributed by atoms with Gasteiger partial charge < -0.3 is 10.2 Å². The summed E-state index contributed by atoms with van der Waals surface area (Å²) in [6.07, 6.45) is 5.01. The van der Waals surface area contributed by atoms with Crippen molar-refractivity contribution < 1.29 is 4.79 Å². The highest BCUT2D eigenvalue weighted by atomic mass is 35.5. The first-order valence-electron chi connectivity index (χ1n) is 7.52. The number of rotatable bonds is 5. The Labute approximate surface area is 136 Å². The number of benzene rings is 1. The molecule has 1 amide bonds. The maximum Gasteiger partial charge on any atom is 0.255 e. The molecule has 0 saturated carbocycles. The lowest BCUT2D eigenvalue weighted by Gasteiger charge is -2.35. The van der Waals surface area contributed by atoms with Crippen LogP contribution in [0.2, 0.25) is 5.02 Å². The molecule has 2 rings (SSSR count). The van der Waals surface area contributed by atoms with Crippen LogP contribution >= 0.6 is 23.4 Å². The summed E-state index contributed by atoms with van der Waals surface area (Å²) in [6, 6.07) is 6.03. The highest BCUT2D eigenvalue weighted by Crippen LogP contribution is 2.26. The van der Waals surface area contributed by atoms with E-state index in [1.54, 1.807) is 11.8 Å². The molecule has 0 aromatic heterocycles. The van der Waals surface area contributed by atoms with Crippen LogP contribution in [0.25, 0.3) is 0 Å². The summed E-state index contributed by atoms with van der Waals surface area (Å²) in [5.74, 6) is 0.0738. The second-order valence-corrected chi connectivity index (χ2v) is 6.61. The normalized spacial score (nSPS) is 16.0. The molecule has 1 saturated heterocycles. The van der Waals surface area contributed by atoms with Crippen LogP contribution in [0.4, 0.5) is 0 Å². The number of hydrogen-bond donors (Lipinski definition) is 1. The Morgan fingerprint density at radius 2 is 2.14 bits per heavy atom. The van der Waals surface area contributed by atoms with Gasteiger partial charge in [-0.2, -0.15) is 0 Å². The first-order chi connectivity index (χ1) is 10.2. The monoisotopic (exact) mass is 326 g/mol. The Balaban J connectivity index is 2.24. The molecule has 3 nitrogen and oxygen atoms in total. The van der Waals surface area contributed by atoms with Gasteiger partial charge in [-0.05, 0) is 56.8 Å². The van der Waals surface area contributed by atoms with Gasteiger partial charge in [0.15, 0.2) is 0 Å². The highest BCUT2D eigenvalue weighted by Gasteiger charge is 2.26. The van der Waals surface area contributed by atoms with E-state index in [1.165, 1.54) is 0 Å². The van der Waals surface area contributed by atoms with Crippen molar-refractivity contribution >= 4 is 29.3 Å². The maximum absolute atomic E-state index is 12.9. The Hall–Kier alpha value is -0.710. The Kier molecular flexibility index (Phi) is 6.40. The van der Waals surface area contributed by atoms with Crippen LogP contribution in [0.5, 0.6) is 0 Å². The fourth-order valence-corrected chi connectivity index (χ4v) is 3.40. The number of amides is 1. The van der Waals surface area contributed by atoms with Crippen LogP contribution in [0.1, 0.15) is 36.5 Å². The summed E-state index contributed by atoms with van der Waals surface area (Å²) >= 11 is 7.89. The quantitative estimate of drug-likeness (QED) is 0.838. The molecule has 0 bridgehead atoms. The van der Waals surface area contributed by atoms with Gasteiger partial charge in [-0.1, -0.05) is 18.5 Å². The van der Waals surface area contributed by atoms with Gasteiger partial charge in [-0.25, -0.2) is 0 Å². The molecule has 116 valence electrons. The first-order valence-corrected chi connectivity index (χ1v) is 9.12. The van der Waals surface area contributed by atoms with Gasteiger partial charge in [0.05, 0.1) is 10.6 Å². The molecular weight excluding hydrogens is 304 g/mol. The lowest BCUT2D eigenvalue weighted by molar-refractivity contribution is 0.0642. The van der Waals surface area contributed by atoms with E-state index < -0.39 is 0 Å². The van der Waals surface area contributed by atoms with Crippen LogP contribution in [0, 0.1) is 0 Å². The smallest absolute Gasteiger partial charge is 0.255 e. The van der Waals surface area contributed by atoms with Crippen molar-refractivity contribution in [1.29, 1.82) is 0 Å². The largest absolute Gasteiger partial charge is 0.336 e. The zero-order chi connectivity index (χ0) is 15.2. The Bertz CT molecular complexity index is 489. The zero-order valence-electron chi connectivity index (χ0n) is 12.7. The van der Waals surface area contributed by atoms with Gasteiger partial charge in [-0.3, -0.25) is 4.79 Å². The summed E-state index contributed by atoms with van der Waals surface area (Å²) in [5, 5.41) is 3.90. The average molecular weight is 327 g/mol. The minimum Gasteiger partial charge on any atom is -0.336 e. The van der Waals surface area contributed by atoms with Crippen LogP contribution in [-0.2, 0) is 0 Å². The molecule has 0 spiro atoms. The number of carbonyl (C=O) groups excluding carboxylic acids is 1. The fourth-order valence-electron chi connectivity index (χ4n) is 2.76. The van der Waals surface area contributed by atoms with E-state index in [0.29, 0.717) is 16.6 Å². The lowest BCUT2D eigenvalue weighted by Crippen LogP contribution is -2.46. The summed E-state index contributed by atoms with van der Waals surface area (Å²) in [6.45, 7) is 4.87. The molecule has 0 unspecified atom stereocenters. The Morgan fingerprint density at radius 1 is 1.43 bits per heavy atom. The molecule has 21 heavy (non-hydrogen) atoms. The summed E-state index contributed by atoms with van der Waals surface area (Å²) in [4.78, 5) is 16.0. The number of halogens is 1. The maximum atomic E-state index is 12.9. The highest BCUT2D eigenvalue weighted by molar-refractivity contribution is 7.98. The van der Waals surface area contributed by atoms with Crippen molar-refractivity contribution in [3.63, 3.8) is 0 Å². The van der Waals surface area contributed by atoms with Crippen molar-refractivity contribution in [1.82, 2.24) is 10.2 Å². The summed E-state index contributed by atoms with van der Waals surface area (Å²) < 4.78 is 0. The van der Waals surface area contributed by atoms with Gasteiger partial charge >= 0.3 is 0 Å². The van der Waals surface area contributed by atoms with E-state index in [2.05, 4.69) is 12.2 Å². The minimum atomic E-state index is 0.0738. The van der Waals surface area contributed by atoms with Crippen molar-refractivity contribution in [2.75, 3.05) is 25.9 Å². The number of nitrogens with one attached hydrogen (secondary N) is 1. The SMILES string of the molecule is CCCN(C(=O)c1cc(SC)ccc1Cl)C1CCNCC1. The molecule has 0 atom stereocenters. The van der Waals surface area contributed by atoms with Gasteiger partial charge in [0.25, 0.3) is 5.91 Å². The van der Waals surface area contributed by atoms with Crippen molar-refractivity contribution in [2.45, 2.75) is 37.1 Å². The number of thioether (sulfide) groups is 1. The molecule has 1 fully saturated rings. The number of piperidine rings is 1. The second kappa shape index (κ2) is 8.06. The Morgan fingerprint density at radius 3 is 2.76 bits per heavy atom. The van der Waals surface area contributed by atoms with Crippen molar-refractivity contribution in [2.24, 2.45) is 0 Å². The van der Waals surface area contributed by atoms with Crippen LogP contribution in [0.3, 0.4) is 0 Å². The van der Waals surface area contributed by atoms with Gasteiger partial charge in [0, 0.05) is 17.5 Å². The van der Waals surface area contributed by atoms with Crippen molar-refractivity contribution in [3.8, 4) is 0 Å². The topological polar surface area (TPSA) is 32.3 Å². The first kappa shape index (κ1) is 16.7. The number of nitrogens with zero attached hydrogens (tertiary/aromatic N) is 1. The molecule has 1 heterocycles. The predicted molar refractivity (Wildman–Crippen MR) is 90.5 cm³/mol. The van der Waals surface area contributed by atoms with Crippen LogP contribution in [-0.4, -0.2) is 42.7 Å². The van der Waals surface area contributed by atoms with Gasteiger partial charge in [-0.15, -0.1) is 11.8 Å². The van der Waals surface area contributed by atoms with E-state index in [0.717, 1.165) is 43.8 Å². The van der Waals surface area contributed by atoms with E-state index in [-0.39, 0.29) is 5.91 Å². The summed E-state index contributed by atoms with van der Waals surface area (Å²) in [5.41, 5.74) is 0.635. The molecule has 1 N–H and O–H groups in total. The average Bonchev–Trinajstić information content (AvgIpc) is 2.53. The van der Waals surface area contributed by atoms with E-state index in [4.69, 9.17) is 11.6 Å².